The molecule has 19 heavy (non-hydrogen) atoms. The maximum atomic E-state index is 5.45. The Kier molecular flexibility index (Phi) is 2.89. The molecule has 2 aromatic rings. The average molecular weight is 275 g/mol. The molecule has 0 spiro atoms. The Bertz CT molecular complexity index is 560. The summed E-state index contributed by atoms with van der Waals surface area (Å²) in [6, 6.07) is 2.53. The molecule has 5 heteroatoms. The second-order valence-electron chi connectivity index (χ2n) is 5.37. The first-order valence-corrected chi connectivity index (χ1v) is 7.91. The highest BCUT2D eigenvalue weighted by atomic mass is 32.1. The van der Waals surface area contributed by atoms with Gasteiger partial charge in [-0.2, -0.15) is 4.98 Å². The Labute approximate surface area is 116 Å². The van der Waals surface area contributed by atoms with Crippen molar-refractivity contribution < 1.29 is 4.52 Å². The zero-order valence-electron chi connectivity index (χ0n) is 10.8. The Balaban J connectivity index is 1.63. The third-order valence-corrected chi connectivity index (χ3v) is 5.25. The topological polar surface area (TPSA) is 51.0 Å². The number of rotatable bonds is 2. The number of aromatic nitrogens is 2. The van der Waals surface area contributed by atoms with E-state index in [0.717, 1.165) is 23.7 Å². The summed E-state index contributed by atoms with van der Waals surface area (Å²) >= 11 is 1.83. The van der Waals surface area contributed by atoms with Crippen LogP contribution in [0.25, 0.3) is 10.8 Å². The number of nitrogens with zero attached hydrogens (tertiary/aromatic N) is 2. The van der Waals surface area contributed by atoms with E-state index in [9.17, 15) is 0 Å². The lowest BCUT2D eigenvalue weighted by molar-refractivity contribution is 0.413. The van der Waals surface area contributed by atoms with Gasteiger partial charge in [0.25, 0.3) is 5.89 Å². The van der Waals surface area contributed by atoms with Crippen LogP contribution in [-0.2, 0) is 12.8 Å². The Morgan fingerprint density at radius 2 is 2.21 bits per heavy atom. The van der Waals surface area contributed by atoms with Crippen molar-refractivity contribution in [2.75, 3.05) is 6.54 Å². The fourth-order valence-electron chi connectivity index (χ4n) is 2.98. The van der Waals surface area contributed by atoms with Gasteiger partial charge in [0.1, 0.15) is 0 Å². The lowest BCUT2D eigenvalue weighted by atomic mass is 9.99. The van der Waals surface area contributed by atoms with E-state index in [4.69, 9.17) is 4.52 Å². The van der Waals surface area contributed by atoms with Gasteiger partial charge in [0, 0.05) is 4.88 Å². The van der Waals surface area contributed by atoms with Crippen molar-refractivity contribution >= 4 is 11.3 Å². The smallest absolute Gasteiger partial charge is 0.268 e. The number of hydrogen-bond donors (Lipinski definition) is 1. The fourth-order valence-corrected chi connectivity index (χ4v) is 4.15. The van der Waals surface area contributed by atoms with Crippen LogP contribution >= 0.6 is 11.3 Å². The van der Waals surface area contributed by atoms with E-state index >= 15 is 0 Å². The van der Waals surface area contributed by atoms with E-state index < -0.39 is 0 Å². The molecule has 0 radical (unpaired) electrons. The number of thiophene rings is 1. The van der Waals surface area contributed by atoms with Crippen molar-refractivity contribution in [3.63, 3.8) is 0 Å². The van der Waals surface area contributed by atoms with Crippen molar-refractivity contribution in [3.8, 4) is 10.8 Å². The van der Waals surface area contributed by atoms with Gasteiger partial charge >= 0.3 is 0 Å². The Morgan fingerprint density at radius 1 is 1.26 bits per heavy atom. The van der Waals surface area contributed by atoms with Crippen molar-refractivity contribution in [2.24, 2.45) is 0 Å². The number of nitrogens with one attached hydrogen (secondary N) is 1. The molecule has 1 fully saturated rings. The molecule has 1 atom stereocenters. The van der Waals surface area contributed by atoms with Crippen LogP contribution in [0, 0.1) is 0 Å². The third-order valence-electron chi connectivity index (χ3n) is 4.02. The van der Waals surface area contributed by atoms with Crippen LogP contribution in [0.1, 0.15) is 48.0 Å². The second kappa shape index (κ2) is 4.72. The molecule has 1 saturated heterocycles. The first-order valence-electron chi connectivity index (χ1n) is 7.09. The number of fused-ring (bicyclic) bond motifs is 1. The molecule has 1 aliphatic heterocycles. The molecule has 1 unspecified atom stereocenters. The molecule has 2 aromatic heterocycles. The Hall–Kier alpha value is -1.20. The van der Waals surface area contributed by atoms with Gasteiger partial charge < -0.3 is 9.84 Å². The van der Waals surface area contributed by atoms with E-state index in [1.807, 2.05) is 11.3 Å². The van der Waals surface area contributed by atoms with Gasteiger partial charge in [-0.3, -0.25) is 0 Å². The van der Waals surface area contributed by atoms with Crippen LogP contribution < -0.4 is 5.32 Å². The van der Waals surface area contributed by atoms with E-state index in [0.29, 0.717) is 5.89 Å². The summed E-state index contributed by atoms with van der Waals surface area (Å²) in [5.41, 5.74) is 1.49. The van der Waals surface area contributed by atoms with E-state index in [1.165, 1.54) is 42.5 Å². The minimum absolute atomic E-state index is 0.284. The maximum Gasteiger partial charge on any atom is 0.268 e. The first-order chi connectivity index (χ1) is 9.40. The third kappa shape index (κ3) is 2.11. The van der Waals surface area contributed by atoms with Crippen LogP contribution in [0.3, 0.4) is 0 Å². The van der Waals surface area contributed by atoms with Crippen LogP contribution in [0.2, 0.25) is 0 Å². The molecule has 0 bridgehead atoms. The molecule has 0 amide bonds. The summed E-state index contributed by atoms with van der Waals surface area (Å²) in [7, 11) is 0. The molecular weight excluding hydrogens is 258 g/mol. The Morgan fingerprint density at radius 3 is 3.05 bits per heavy atom. The van der Waals surface area contributed by atoms with E-state index in [2.05, 4.69) is 21.5 Å². The minimum atomic E-state index is 0.284. The van der Waals surface area contributed by atoms with Crippen molar-refractivity contribution in [2.45, 2.75) is 44.6 Å². The molecule has 0 aromatic carbocycles. The van der Waals surface area contributed by atoms with Gasteiger partial charge in [0.2, 0.25) is 0 Å². The predicted molar refractivity (Wildman–Crippen MR) is 74.2 cm³/mol. The highest BCUT2D eigenvalue weighted by Gasteiger charge is 2.23. The molecule has 4 rings (SSSR count). The van der Waals surface area contributed by atoms with E-state index in [1.54, 1.807) is 0 Å². The lowest BCUT2D eigenvalue weighted by Gasteiger charge is -2.08. The summed E-state index contributed by atoms with van der Waals surface area (Å²) in [5.74, 6) is 1.52. The van der Waals surface area contributed by atoms with Gasteiger partial charge in [0.15, 0.2) is 5.82 Å². The number of aryl methyl sites for hydroxylation is 2. The summed E-state index contributed by atoms with van der Waals surface area (Å²) < 4.78 is 5.45. The van der Waals surface area contributed by atoms with E-state index in [-0.39, 0.29) is 6.04 Å². The second-order valence-corrected chi connectivity index (χ2v) is 6.51. The molecule has 2 aliphatic rings. The van der Waals surface area contributed by atoms with Crippen LogP contribution in [-0.4, -0.2) is 16.7 Å². The maximum absolute atomic E-state index is 5.45. The highest BCUT2D eigenvalue weighted by Crippen LogP contribution is 2.35. The zero-order chi connectivity index (χ0) is 12.7. The van der Waals surface area contributed by atoms with Crippen molar-refractivity contribution in [1.29, 1.82) is 0 Å². The summed E-state index contributed by atoms with van der Waals surface area (Å²) in [6.07, 6.45) is 7.35. The van der Waals surface area contributed by atoms with Crippen LogP contribution in [0.4, 0.5) is 0 Å². The molecule has 4 nitrogen and oxygen atoms in total. The number of hydrogen-bond acceptors (Lipinski definition) is 5. The predicted octanol–water partition coefficient (Wildman–Crippen LogP) is 3.10. The highest BCUT2D eigenvalue weighted by molar-refractivity contribution is 7.15. The lowest BCUT2D eigenvalue weighted by Crippen LogP contribution is -2.14. The van der Waals surface area contributed by atoms with Gasteiger partial charge in [-0.1, -0.05) is 5.16 Å². The quantitative estimate of drug-likeness (QED) is 0.915. The summed E-state index contributed by atoms with van der Waals surface area (Å²) in [4.78, 5) is 7.23. The van der Waals surface area contributed by atoms with Gasteiger partial charge in [0.05, 0.1) is 10.9 Å². The molecule has 1 aliphatic carbocycles. The molecule has 1 N–H and O–H groups in total. The van der Waals surface area contributed by atoms with Gasteiger partial charge in [-0.15, -0.1) is 11.3 Å². The zero-order valence-corrected chi connectivity index (χ0v) is 11.6. The van der Waals surface area contributed by atoms with Gasteiger partial charge in [-0.05, 0) is 56.7 Å². The molecule has 0 saturated carbocycles. The standard InChI is InChI=1S/C14H17N3OS/c1-2-6-11-9(4-1)8-12(19-11)14-16-13(17-18-14)10-5-3-7-15-10/h8,10,15H,1-7H2. The largest absolute Gasteiger partial charge is 0.333 e. The minimum Gasteiger partial charge on any atom is -0.333 e. The van der Waals surface area contributed by atoms with Crippen molar-refractivity contribution in [3.05, 3.63) is 22.3 Å². The molecule has 100 valence electrons. The SMILES string of the molecule is c1c(-c2nc(C3CCCN3)no2)sc2c1CCCC2. The van der Waals surface area contributed by atoms with Crippen LogP contribution in [0.15, 0.2) is 10.6 Å². The monoisotopic (exact) mass is 275 g/mol. The van der Waals surface area contributed by atoms with Crippen LogP contribution in [0.5, 0.6) is 0 Å². The summed E-state index contributed by atoms with van der Waals surface area (Å²) in [5, 5.41) is 7.54. The van der Waals surface area contributed by atoms with Crippen molar-refractivity contribution in [1.82, 2.24) is 15.5 Å². The molecule has 3 heterocycles. The summed E-state index contributed by atoms with van der Waals surface area (Å²) in [6.45, 7) is 1.06. The molecular formula is C14H17N3OS. The first kappa shape index (κ1) is 11.6. The fraction of sp³-hybridized carbons (Fsp3) is 0.571. The van der Waals surface area contributed by atoms with Gasteiger partial charge in [-0.25, -0.2) is 0 Å². The normalized spacial score (nSPS) is 22.6. The average Bonchev–Trinajstić information content (AvgIpc) is 3.17.